The van der Waals surface area contributed by atoms with Gasteiger partial charge in [-0.1, -0.05) is 54.6 Å². The lowest BCUT2D eigenvalue weighted by Crippen LogP contribution is -2.46. The molecule has 0 radical (unpaired) electrons. The molecule has 2 aromatic carbocycles. The van der Waals surface area contributed by atoms with Gasteiger partial charge in [-0.15, -0.1) is 0 Å². The topological polar surface area (TPSA) is 110 Å². The van der Waals surface area contributed by atoms with Crippen molar-refractivity contribution in [3.8, 4) is 0 Å². The van der Waals surface area contributed by atoms with E-state index in [0.29, 0.717) is 13.0 Å². The van der Waals surface area contributed by atoms with Crippen LogP contribution < -0.4 is 5.32 Å². The van der Waals surface area contributed by atoms with Crippen LogP contribution in [0.3, 0.4) is 0 Å². The van der Waals surface area contributed by atoms with E-state index >= 15 is 0 Å². The number of carbonyl (C=O) groups is 3. The second kappa shape index (κ2) is 13.8. The van der Waals surface area contributed by atoms with E-state index in [2.05, 4.69) is 39.4 Å². The van der Waals surface area contributed by atoms with E-state index in [9.17, 15) is 9.18 Å². The third-order valence-electron chi connectivity index (χ3n) is 4.92. The normalized spacial score (nSPS) is 14.3. The van der Waals surface area contributed by atoms with Gasteiger partial charge in [0.05, 0.1) is 5.69 Å². The minimum Gasteiger partial charge on any atom is -0.473 e. The molecule has 0 aliphatic carbocycles. The lowest BCUT2D eigenvalue weighted by molar-refractivity contribution is -0.159. The standard InChI is InChI=1S/C22H26FN3O.C2H2O4/c23-20-10-4-5-11-21(20)24-22(27)12-14-26-17-15-25(16-18-26)13-6-9-19-7-2-1-3-8-19;3-1(4)2(5)6/h1-11H,12-18H2,(H,24,27);(H,3,4)(H,5,6). The first-order chi connectivity index (χ1) is 15.8. The van der Waals surface area contributed by atoms with Crippen molar-refractivity contribution in [3.63, 3.8) is 0 Å². The Balaban J connectivity index is 0.000000569. The summed E-state index contributed by atoms with van der Waals surface area (Å²) < 4.78 is 13.6. The number of anilines is 1. The summed E-state index contributed by atoms with van der Waals surface area (Å²) in [6, 6.07) is 16.6. The highest BCUT2D eigenvalue weighted by atomic mass is 19.1. The number of piperazine rings is 1. The van der Waals surface area contributed by atoms with Gasteiger partial charge >= 0.3 is 11.9 Å². The molecule has 1 fully saturated rings. The van der Waals surface area contributed by atoms with Crippen LogP contribution in [0.2, 0.25) is 0 Å². The summed E-state index contributed by atoms with van der Waals surface area (Å²) in [5.41, 5.74) is 1.47. The van der Waals surface area contributed by atoms with Crippen molar-refractivity contribution < 1.29 is 29.0 Å². The molecule has 0 aromatic heterocycles. The monoisotopic (exact) mass is 457 g/mol. The Hall–Kier alpha value is -3.56. The smallest absolute Gasteiger partial charge is 0.414 e. The molecule has 0 saturated carbocycles. The van der Waals surface area contributed by atoms with Gasteiger partial charge in [0.1, 0.15) is 5.82 Å². The van der Waals surface area contributed by atoms with Gasteiger partial charge in [-0.05, 0) is 17.7 Å². The first kappa shape index (κ1) is 25.7. The zero-order valence-corrected chi connectivity index (χ0v) is 18.2. The van der Waals surface area contributed by atoms with Gasteiger partial charge in [0.25, 0.3) is 0 Å². The molecular formula is C24H28FN3O5. The predicted molar refractivity (Wildman–Crippen MR) is 123 cm³/mol. The van der Waals surface area contributed by atoms with Crippen molar-refractivity contribution in [2.24, 2.45) is 0 Å². The summed E-state index contributed by atoms with van der Waals surface area (Å²) in [4.78, 5) is 34.9. The minimum atomic E-state index is -1.82. The summed E-state index contributed by atoms with van der Waals surface area (Å²) in [7, 11) is 0. The lowest BCUT2D eigenvalue weighted by Gasteiger charge is -2.34. The third-order valence-corrected chi connectivity index (χ3v) is 4.92. The first-order valence-corrected chi connectivity index (χ1v) is 10.5. The van der Waals surface area contributed by atoms with Gasteiger partial charge in [-0.3, -0.25) is 9.69 Å². The molecule has 8 nitrogen and oxygen atoms in total. The summed E-state index contributed by atoms with van der Waals surface area (Å²) in [6.07, 6.45) is 4.73. The zero-order valence-electron chi connectivity index (χ0n) is 18.2. The van der Waals surface area contributed by atoms with Gasteiger partial charge in [-0.25, -0.2) is 14.0 Å². The van der Waals surface area contributed by atoms with Crippen molar-refractivity contribution in [1.82, 2.24) is 9.80 Å². The molecule has 0 spiro atoms. The fraction of sp³-hybridized carbons (Fsp3) is 0.292. The number of para-hydroxylation sites is 1. The van der Waals surface area contributed by atoms with Gasteiger partial charge in [0, 0.05) is 45.7 Å². The lowest BCUT2D eigenvalue weighted by atomic mass is 10.2. The SMILES string of the molecule is O=C(CCN1CCN(CC=Cc2ccccc2)CC1)Nc1ccccc1F.O=C(O)C(=O)O. The minimum absolute atomic E-state index is 0.145. The Labute approximate surface area is 191 Å². The van der Waals surface area contributed by atoms with Gasteiger partial charge in [0.15, 0.2) is 0 Å². The molecule has 9 heteroatoms. The number of benzene rings is 2. The van der Waals surface area contributed by atoms with Crippen LogP contribution in [0.1, 0.15) is 12.0 Å². The number of aliphatic carboxylic acids is 2. The predicted octanol–water partition coefficient (Wildman–Crippen LogP) is 2.64. The Morgan fingerprint density at radius 1 is 0.879 bits per heavy atom. The van der Waals surface area contributed by atoms with Crippen LogP contribution in [0.25, 0.3) is 6.08 Å². The average Bonchev–Trinajstić information content (AvgIpc) is 2.81. The highest BCUT2D eigenvalue weighted by molar-refractivity contribution is 6.27. The highest BCUT2D eigenvalue weighted by Gasteiger charge is 2.16. The summed E-state index contributed by atoms with van der Waals surface area (Å²) >= 11 is 0. The fourth-order valence-corrected chi connectivity index (χ4v) is 3.13. The summed E-state index contributed by atoms with van der Waals surface area (Å²) in [5, 5.41) is 17.4. The second-order valence-electron chi connectivity index (χ2n) is 7.34. The molecule has 1 aliphatic rings. The van der Waals surface area contributed by atoms with Crippen LogP contribution in [0.15, 0.2) is 60.7 Å². The van der Waals surface area contributed by atoms with Crippen molar-refractivity contribution >= 4 is 29.6 Å². The van der Waals surface area contributed by atoms with E-state index in [-0.39, 0.29) is 11.6 Å². The van der Waals surface area contributed by atoms with E-state index in [1.807, 2.05) is 18.2 Å². The van der Waals surface area contributed by atoms with E-state index in [4.69, 9.17) is 19.8 Å². The van der Waals surface area contributed by atoms with E-state index in [1.165, 1.54) is 11.6 Å². The number of carboxylic acid groups (broad SMARTS) is 2. The number of rotatable bonds is 7. The Morgan fingerprint density at radius 3 is 2.06 bits per heavy atom. The Kier molecular flexibility index (Phi) is 10.7. The first-order valence-electron chi connectivity index (χ1n) is 10.5. The van der Waals surface area contributed by atoms with Crippen molar-refractivity contribution in [2.45, 2.75) is 6.42 Å². The van der Waals surface area contributed by atoms with Crippen LogP contribution in [0.5, 0.6) is 0 Å². The number of nitrogens with one attached hydrogen (secondary N) is 1. The molecule has 1 heterocycles. The largest absolute Gasteiger partial charge is 0.473 e. The van der Waals surface area contributed by atoms with Gasteiger partial charge in [-0.2, -0.15) is 0 Å². The van der Waals surface area contributed by atoms with E-state index in [0.717, 1.165) is 32.7 Å². The van der Waals surface area contributed by atoms with E-state index in [1.54, 1.807) is 18.2 Å². The number of carbonyl (C=O) groups excluding carboxylic acids is 1. The summed E-state index contributed by atoms with van der Waals surface area (Å²) in [6.45, 7) is 5.53. The zero-order chi connectivity index (χ0) is 24.1. The second-order valence-corrected chi connectivity index (χ2v) is 7.34. The number of hydrogen-bond acceptors (Lipinski definition) is 5. The molecule has 0 bridgehead atoms. The molecule has 2 aromatic rings. The van der Waals surface area contributed by atoms with Crippen LogP contribution in [0.4, 0.5) is 10.1 Å². The number of hydrogen-bond donors (Lipinski definition) is 3. The number of amides is 1. The molecule has 1 saturated heterocycles. The van der Waals surface area contributed by atoms with Crippen molar-refractivity contribution in [1.29, 1.82) is 0 Å². The van der Waals surface area contributed by atoms with Crippen LogP contribution in [-0.4, -0.2) is 77.1 Å². The third kappa shape index (κ3) is 10.1. The van der Waals surface area contributed by atoms with Crippen molar-refractivity contribution in [2.75, 3.05) is 44.6 Å². The number of halogens is 1. The van der Waals surface area contributed by atoms with Gasteiger partial charge in [0.2, 0.25) is 5.91 Å². The van der Waals surface area contributed by atoms with Gasteiger partial charge < -0.3 is 20.4 Å². The van der Waals surface area contributed by atoms with Crippen molar-refractivity contribution in [3.05, 3.63) is 72.1 Å². The number of nitrogens with zero attached hydrogens (tertiary/aromatic N) is 2. The molecule has 1 aliphatic heterocycles. The molecule has 0 unspecified atom stereocenters. The molecule has 3 rings (SSSR count). The molecule has 1 amide bonds. The van der Waals surface area contributed by atoms with Crippen LogP contribution in [-0.2, 0) is 14.4 Å². The Morgan fingerprint density at radius 2 is 1.45 bits per heavy atom. The quantitative estimate of drug-likeness (QED) is 0.548. The van der Waals surface area contributed by atoms with Crippen LogP contribution >= 0.6 is 0 Å². The molecule has 33 heavy (non-hydrogen) atoms. The maximum Gasteiger partial charge on any atom is 0.414 e. The molecule has 0 atom stereocenters. The molecule has 3 N–H and O–H groups in total. The maximum absolute atomic E-state index is 13.6. The molecule has 176 valence electrons. The maximum atomic E-state index is 13.6. The highest BCUT2D eigenvalue weighted by Crippen LogP contribution is 2.13. The van der Waals surface area contributed by atoms with Crippen LogP contribution in [0, 0.1) is 5.82 Å². The molecular weight excluding hydrogens is 429 g/mol. The number of carboxylic acids is 2. The summed E-state index contributed by atoms with van der Waals surface area (Å²) in [5.74, 6) is -4.19. The van der Waals surface area contributed by atoms with E-state index < -0.39 is 17.8 Å². The Bertz CT molecular complexity index is 932. The average molecular weight is 458 g/mol. The fourth-order valence-electron chi connectivity index (χ4n) is 3.13.